The maximum atomic E-state index is 12.0. The van der Waals surface area contributed by atoms with Gasteiger partial charge in [0.2, 0.25) is 0 Å². The lowest BCUT2D eigenvalue weighted by molar-refractivity contribution is -0.154. The third-order valence-electron chi connectivity index (χ3n) is 5.03. The average molecular weight is 290 g/mol. The number of fused-ring (bicyclic) bond motifs is 4. The van der Waals surface area contributed by atoms with E-state index in [0.717, 1.165) is 18.4 Å². The van der Waals surface area contributed by atoms with Crippen molar-refractivity contribution in [1.82, 2.24) is 0 Å². The summed E-state index contributed by atoms with van der Waals surface area (Å²) < 4.78 is 16.8. The number of carbonyl (C=O) groups is 2. The van der Waals surface area contributed by atoms with Crippen LogP contribution in [0.4, 0.5) is 0 Å². The molecule has 5 heteroatoms. The molecule has 0 aromatic carbocycles. The number of hydrogen-bond acceptors (Lipinski definition) is 5. The summed E-state index contributed by atoms with van der Waals surface area (Å²) in [6, 6.07) is 0. The first kappa shape index (κ1) is 13.2. The zero-order valence-electron chi connectivity index (χ0n) is 11.7. The van der Waals surface area contributed by atoms with Crippen molar-refractivity contribution in [1.29, 1.82) is 0 Å². The van der Waals surface area contributed by atoms with Crippen molar-refractivity contribution in [3.8, 4) is 0 Å². The summed E-state index contributed by atoms with van der Waals surface area (Å²) in [5.41, 5.74) is 1.08. The third kappa shape index (κ3) is 2.15. The fraction of sp³-hybridized carbons (Fsp3) is 0.625. The Bertz CT molecular complexity index is 535. The maximum absolute atomic E-state index is 12.0. The van der Waals surface area contributed by atoms with Crippen molar-refractivity contribution in [2.45, 2.75) is 31.5 Å². The van der Waals surface area contributed by atoms with E-state index < -0.39 is 11.9 Å². The van der Waals surface area contributed by atoms with Gasteiger partial charge in [-0.05, 0) is 24.8 Å². The van der Waals surface area contributed by atoms with Crippen molar-refractivity contribution >= 4 is 11.9 Å². The van der Waals surface area contributed by atoms with Crippen molar-refractivity contribution in [3.63, 3.8) is 0 Å². The minimum absolute atomic E-state index is 0.0463. The Morgan fingerprint density at radius 3 is 2.48 bits per heavy atom. The number of cyclic esters (lactones) is 2. The smallest absolute Gasteiger partial charge is 0.318 e. The Kier molecular flexibility index (Phi) is 3.19. The summed E-state index contributed by atoms with van der Waals surface area (Å²) >= 11 is 0. The summed E-state index contributed by atoms with van der Waals surface area (Å²) in [6.07, 6.45) is 8.69. The molecule has 0 N–H and O–H groups in total. The molecule has 0 amide bonds. The lowest BCUT2D eigenvalue weighted by atomic mass is 9.73. The van der Waals surface area contributed by atoms with E-state index in [-0.39, 0.29) is 30.0 Å². The van der Waals surface area contributed by atoms with Crippen LogP contribution in [0, 0.1) is 17.8 Å². The molecule has 21 heavy (non-hydrogen) atoms. The molecule has 4 rings (SSSR count). The molecule has 5 atom stereocenters. The highest BCUT2D eigenvalue weighted by atomic mass is 16.6. The van der Waals surface area contributed by atoms with Gasteiger partial charge >= 0.3 is 11.9 Å². The van der Waals surface area contributed by atoms with Gasteiger partial charge in [-0.2, -0.15) is 0 Å². The molecule has 0 aromatic heterocycles. The molecule has 0 spiro atoms. The molecule has 2 aliphatic carbocycles. The number of rotatable bonds is 0. The van der Waals surface area contributed by atoms with Crippen molar-refractivity contribution in [2.24, 2.45) is 17.8 Å². The highest BCUT2D eigenvalue weighted by molar-refractivity contribution is 5.97. The second-order valence-electron chi connectivity index (χ2n) is 6.16. The second-order valence-corrected chi connectivity index (χ2v) is 6.16. The number of allylic oxidation sites excluding steroid dienone is 1. The normalized spacial score (nSPS) is 42.1. The lowest BCUT2D eigenvalue weighted by Crippen LogP contribution is -2.42. The molecule has 2 saturated heterocycles. The zero-order valence-corrected chi connectivity index (χ0v) is 11.7. The van der Waals surface area contributed by atoms with Crippen LogP contribution in [0.1, 0.15) is 19.3 Å². The molecule has 0 unspecified atom stereocenters. The Balaban J connectivity index is 1.59. The van der Waals surface area contributed by atoms with Gasteiger partial charge in [0.05, 0.1) is 37.3 Å². The third-order valence-corrected chi connectivity index (χ3v) is 5.03. The second kappa shape index (κ2) is 5.07. The molecule has 2 fully saturated rings. The highest BCUT2D eigenvalue weighted by Crippen LogP contribution is 2.42. The van der Waals surface area contributed by atoms with Crippen LogP contribution in [0.15, 0.2) is 23.8 Å². The van der Waals surface area contributed by atoms with Gasteiger partial charge in [-0.1, -0.05) is 18.2 Å². The summed E-state index contributed by atoms with van der Waals surface area (Å²) in [6.45, 7) is 0.988. The number of esters is 2. The molecule has 0 saturated carbocycles. The van der Waals surface area contributed by atoms with Crippen LogP contribution in [0.3, 0.4) is 0 Å². The SMILES string of the molecule is O=C1OC(=O)[C@@H]2CC=C3CO[C@H]4CC=CC[C@H]4OC[C@@H]3[C@H]12. The number of hydrogen-bond donors (Lipinski definition) is 0. The first-order chi connectivity index (χ1) is 10.2. The molecular weight excluding hydrogens is 272 g/mol. The summed E-state index contributed by atoms with van der Waals surface area (Å²) in [5.74, 6) is -1.60. The van der Waals surface area contributed by atoms with Gasteiger partial charge in [0.1, 0.15) is 0 Å². The van der Waals surface area contributed by atoms with Crippen LogP contribution in [-0.2, 0) is 23.8 Å². The maximum Gasteiger partial charge on any atom is 0.318 e. The molecular formula is C16H18O5. The van der Waals surface area contributed by atoms with E-state index in [2.05, 4.69) is 12.2 Å². The molecule has 0 aromatic rings. The Labute approximate surface area is 122 Å². The van der Waals surface area contributed by atoms with Gasteiger partial charge in [0.25, 0.3) is 0 Å². The standard InChI is InChI=1S/C16H18O5/c17-15-10-6-5-9-7-19-12-3-1-2-4-13(12)20-8-11(9)14(10)16(18)21-15/h1-2,5,10-14H,3-4,6-8H2/t10-,11+,12+,13-,14-/m1/s1. The summed E-state index contributed by atoms with van der Waals surface area (Å²) in [7, 11) is 0. The largest absolute Gasteiger partial charge is 0.393 e. The Morgan fingerprint density at radius 2 is 1.67 bits per heavy atom. The lowest BCUT2D eigenvalue weighted by Gasteiger charge is -2.38. The predicted octanol–water partition coefficient (Wildman–Crippen LogP) is 1.38. The van der Waals surface area contributed by atoms with Crippen molar-refractivity contribution in [3.05, 3.63) is 23.8 Å². The first-order valence-electron chi connectivity index (χ1n) is 7.56. The van der Waals surface area contributed by atoms with Gasteiger partial charge < -0.3 is 14.2 Å². The molecule has 2 aliphatic heterocycles. The van der Waals surface area contributed by atoms with Crippen molar-refractivity contribution in [2.75, 3.05) is 13.2 Å². The van der Waals surface area contributed by atoms with Crippen LogP contribution < -0.4 is 0 Å². The van der Waals surface area contributed by atoms with E-state index in [0.29, 0.717) is 19.6 Å². The van der Waals surface area contributed by atoms with E-state index in [1.807, 2.05) is 6.08 Å². The van der Waals surface area contributed by atoms with E-state index in [9.17, 15) is 9.59 Å². The molecule has 0 bridgehead atoms. The Morgan fingerprint density at radius 1 is 0.905 bits per heavy atom. The van der Waals surface area contributed by atoms with Gasteiger partial charge in [0, 0.05) is 5.92 Å². The fourth-order valence-electron chi connectivity index (χ4n) is 3.82. The quantitative estimate of drug-likeness (QED) is 0.383. The zero-order chi connectivity index (χ0) is 14.4. The minimum atomic E-state index is -0.398. The molecule has 2 heterocycles. The van der Waals surface area contributed by atoms with Gasteiger partial charge in [0.15, 0.2) is 0 Å². The van der Waals surface area contributed by atoms with Crippen LogP contribution in [-0.4, -0.2) is 37.4 Å². The van der Waals surface area contributed by atoms with E-state index in [1.165, 1.54) is 0 Å². The van der Waals surface area contributed by atoms with Gasteiger partial charge in [-0.25, -0.2) is 0 Å². The van der Waals surface area contributed by atoms with Crippen LogP contribution in [0.5, 0.6) is 0 Å². The Hall–Kier alpha value is -1.46. The summed E-state index contributed by atoms with van der Waals surface area (Å²) in [5, 5.41) is 0. The molecule has 112 valence electrons. The topological polar surface area (TPSA) is 61.8 Å². The van der Waals surface area contributed by atoms with Crippen LogP contribution >= 0.6 is 0 Å². The van der Waals surface area contributed by atoms with E-state index in [4.69, 9.17) is 14.2 Å². The van der Waals surface area contributed by atoms with Crippen LogP contribution in [0.2, 0.25) is 0 Å². The van der Waals surface area contributed by atoms with E-state index in [1.54, 1.807) is 0 Å². The van der Waals surface area contributed by atoms with E-state index >= 15 is 0 Å². The predicted molar refractivity (Wildman–Crippen MR) is 72.1 cm³/mol. The molecule has 0 radical (unpaired) electrons. The first-order valence-corrected chi connectivity index (χ1v) is 7.56. The van der Waals surface area contributed by atoms with Gasteiger partial charge in [-0.15, -0.1) is 0 Å². The van der Waals surface area contributed by atoms with Crippen molar-refractivity contribution < 1.29 is 23.8 Å². The highest BCUT2D eigenvalue weighted by Gasteiger charge is 2.51. The monoisotopic (exact) mass is 290 g/mol. The fourth-order valence-corrected chi connectivity index (χ4v) is 3.82. The minimum Gasteiger partial charge on any atom is -0.393 e. The van der Waals surface area contributed by atoms with Gasteiger partial charge in [-0.3, -0.25) is 9.59 Å². The summed E-state index contributed by atoms with van der Waals surface area (Å²) in [4.78, 5) is 23.7. The number of ether oxygens (including phenoxy) is 3. The van der Waals surface area contributed by atoms with Crippen LogP contribution in [0.25, 0.3) is 0 Å². The molecule has 5 nitrogen and oxygen atoms in total. The molecule has 4 aliphatic rings. The number of carbonyl (C=O) groups excluding carboxylic acids is 2. The average Bonchev–Trinajstić information content (AvgIpc) is 2.76.